The van der Waals surface area contributed by atoms with Crippen LogP contribution in [0.3, 0.4) is 0 Å². The summed E-state index contributed by atoms with van der Waals surface area (Å²) < 4.78 is 17.9. The van der Waals surface area contributed by atoms with Crippen molar-refractivity contribution in [3.05, 3.63) is 36.2 Å². The number of benzene rings is 1. The third-order valence-corrected chi connectivity index (χ3v) is 1.91. The lowest BCUT2D eigenvalue weighted by atomic mass is 9.93. The van der Waals surface area contributed by atoms with Gasteiger partial charge in [-0.15, -0.1) is 0 Å². The van der Waals surface area contributed by atoms with Crippen LogP contribution in [0.2, 0.25) is 0 Å². The number of nitrogens with zero attached hydrogens (tertiary/aromatic N) is 1. The number of aryl methyl sites for hydroxylation is 1. The van der Waals surface area contributed by atoms with Crippen LogP contribution in [0.4, 0.5) is 4.39 Å². The summed E-state index contributed by atoms with van der Waals surface area (Å²) in [7, 11) is 5.43. The second-order valence-electron chi connectivity index (χ2n) is 2.99. The first kappa shape index (κ1) is 9.00. The molecule has 0 aliphatic heterocycles. The number of oxazole rings is 1. The van der Waals surface area contributed by atoms with Crippen molar-refractivity contribution in [2.45, 2.75) is 6.92 Å². The summed E-state index contributed by atoms with van der Waals surface area (Å²) in [5.74, 6) is 0.150. The lowest BCUT2D eigenvalue weighted by molar-refractivity contribution is 0.521. The van der Waals surface area contributed by atoms with Gasteiger partial charge in [0.15, 0.2) is 5.89 Å². The molecule has 14 heavy (non-hydrogen) atoms. The van der Waals surface area contributed by atoms with Gasteiger partial charge in [0.05, 0.1) is 0 Å². The van der Waals surface area contributed by atoms with Crippen molar-refractivity contribution >= 4 is 13.3 Å². The quantitative estimate of drug-likeness (QED) is 0.633. The Bertz CT molecular complexity index is 467. The number of halogens is 1. The van der Waals surface area contributed by atoms with E-state index in [0.717, 1.165) is 5.56 Å². The highest BCUT2D eigenvalue weighted by Crippen LogP contribution is 2.17. The Morgan fingerprint density at radius 1 is 1.43 bits per heavy atom. The first-order valence-electron chi connectivity index (χ1n) is 4.14. The summed E-state index contributed by atoms with van der Waals surface area (Å²) in [6, 6.07) is 4.46. The van der Waals surface area contributed by atoms with Gasteiger partial charge in [-0.3, -0.25) is 0 Å². The van der Waals surface area contributed by atoms with Gasteiger partial charge in [-0.25, -0.2) is 9.37 Å². The molecule has 0 atom stereocenters. The fraction of sp³-hybridized carbons (Fsp3) is 0.100. The Hall–Kier alpha value is -1.58. The van der Waals surface area contributed by atoms with Gasteiger partial charge in [0, 0.05) is 12.5 Å². The molecule has 68 valence electrons. The summed E-state index contributed by atoms with van der Waals surface area (Å²) in [5, 5.41) is 0. The molecule has 2 aromatic rings. The maximum absolute atomic E-state index is 12.9. The Morgan fingerprint density at radius 3 is 2.79 bits per heavy atom. The molecular formula is C10H7BFNO. The van der Waals surface area contributed by atoms with Crippen LogP contribution in [-0.4, -0.2) is 12.8 Å². The minimum Gasteiger partial charge on any atom is -0.449 e. The van der Waals surface area contributed by atoms with E-state index in [0.29, 0.717) is 11.6 Å². The molecule has 0 unspecified atom stereocenters. The molecule has 1 aromatic heterocycles. The van der Waals surface area contributed by atoms with E-state index >= 15 is 0 Å². The molecule has 1 aromatic carbocycles. The fourth-order valence-corrected chi connectivity index (χ4v) is 1.20. The molecule has 4 heteroatoms. The number of rotatable bonds is 1. The van der Waals surface area contributed by atoms with Crippen LogP contribution in [0.5, 0.6) is 0 Å². The van der Waals surface area contributed by atoms with E-state index in [1.807, 2.05) is 0 Å². The van der Waals surface area contributed by atoms with Crippen LogP contribution in [0, 0.1) is 12.7 Å². The van der Waals surface area contributed by atoms with Crippen molar-refractivity contribution in [1.29, 1.82) is 0 Å². The van der Waals surface area contributed by atoms with Crippen molar-refractivity contribution < 1.29 is 8.81 Å². The molecule has 0 saturated heterocycles. The second-order valence-corrected chi connectivity index (χ2v) is 2.99. The fourth-order valence-electron chi connectivity index (χ4n) is 1.20. The van der Waals surface area contributed by atoms with E-state index < -0.39 is 5.82 Å². The van der Waals surface area contributed by atoms with E-state index in [-0.39, 0.29) is 5.46 Å². The van der Waals surface area contributed by atoms with E-state index in [1.165, 1.54) is 18.4 Å². The standard InChI is InChI=1S/C10H7BFNO/c1-6-13-10(5-14-6)7-2-3-9(12)8(11)4-7/h2-5H,1H3. The van der Waals surface area contributed by atoms with Gasteiger partial charge in [-0.05, 0) is 12.1 Å². The molecule has 0 aliphatic carbocycles. The van der Waals surface area contributed by atoms with Gasteiger partial charge in [0.2, 0.25) is 0 Å². The lowest BCUT2D eigenvalue weighted by Gasteiger charge is -1.99. The number of aromatic nitrogens is 1. The zero-order valence-corrected chi connectivity index (χ0v) is 7.62. The predicted octanol–water partition coefficient (Wildman–Crippen LogP) is 1.58. The highest BCUT2D eigenvalue weighted by atomic mass is 19.1. The molecule has 0 spiro atoms. The van der Waals surface area contributed by atoms with Crippen LogP contribution in [0.1, 0.15) is 5.89 Å². The van der Waals surface area contributed by atoms with E-state index in [4.69, 9.17) is 12.3 Å². The molecule has 2 rings (SSSR count). The zero-order valence-electron chi connectivity index (χ0n) is 7.62. The van der Waals surface area contributed by atoms with Crippen molar-refractivity contribution in [1.82, 2.24) is 4.98 Å². The van der Waals surface area contributed by atoms with Gasteiger partial charge in [-0.1, -0.05) is 11.5 Å². The summed E-state index contributed by atoms with van der Waals surface area (Å²) in [6.45, 7) is 1.75. The molecule has 0 saturated carbocycles. The average molecular weight is 187 g/mol. The van der Waals surface area contributed by atoms with Crippen LogP contribution in [0.25, 0.3) is 11.3 Å². The van der Waals surface area contributed by atoms with Crippen LogP contribution < -0.4 is 5.46 Å². The van der Waals surface area contributed by atoms with E-state index in [1.54, 1.807) is 13.0 Å². The summed E-state index contributed by atoms with van der Waals surface area (Å²) in [6.07, 6.45) is 1.52. The molecular weight excluding hydrogens is 180 g/mol. The Balaban J connectivity index is 2.47. The van der Waals surface area contributed by atoms with Crippen molar-refractivity contribution in [3.8, 4) is 11.3 Å². The average Bonchev–Trinajstić information content (AvgIpc) is 2.57. The third kappa shape index (κ3) is 1.55. The van der Waals surface area contributed by atoms with Gasteiger partial charge in [-0.2, -0.15) is 0 Å². The van der Waals surface area contributed by atoms with Gasteiger partial charge >= 0.3 is 0 Å². The Morgan fingerprint density at radius 2 is 2.21 bits per heavy atom. The van der Waals surface area contributed by atoms with Crippen LogP contribution in [-0.2, 0) is 0 Å². The Labute approximate surface area is 82.2 Å². The van der Waals surface area contributed by atoms with E-state index in [9.17, 15) is 4.39 Å². The third-order valence-electron chi connectivity index (χ3n) is 1.91. The van der Waals surface area contributed by atoms with E-state index in [2.05, 4.69) is 4.98 Å². The molecule has 0 fully saturated rings. The summed E-state index contributed by atoms with van der Waals surface area (Å²) >= 11 is 0. The predicted molar refractivity (Wildman–Crippen MR) is 52.0 cm³/mol. The Kier molecular flexibility index (Phi) is 2.12. The maximum Gasteiger partial charge on any atom is 0.191 e. The van der Waals surface area contributed by atoms with Crippen molar-refractivity contribution in [2.75, 3.05) is 0 Å². The normalized spacial score (nSPS) is 10.4. The largest absolute Gasteiger partial charge is 0.449 e. The molecule has 2 nitrogen and oxygen atoms in total. The topological polar surface area (TPSA) is 26.0 Å². The molecule has 0 aliphatic rings. The van der Waals surface area contributed by atoms with Crippen molar-refractivity contribution in [3.63, 3.8) is 0 Å². The minimum absolute atomic E-state index is 0.114. The molecule has 2 radical (unpaired) electrons. The highest BCUT2D eigenvalue weighted by Gasteiger charge is 2.04. The minimum atomic E-state index is -0.422. The first-order chi connectivity index (χ1) is 6.66. The second kappa shape index (κ2) is 3.29. The summed E-state index contributed by atoms with van der Waals surface area (Å²) in [5.41, 5.74) is 1.53. The zero-order chi connectivity index (χ0) is 10.1. The molecule has 0 amide bonds. The monoisotopic (exact) mass is 187 g/mol. The van der Waals surface area contributed by atoms with Crippen LogP contribution >= 0.6 is 0 Å². The smallest absolute Gasteiger partial charge is 0.191 e. The summed E-state index contributed by atoms with van der Waals surface area (Å²) in [4.78, 5) is 4.11. The van der Waals surface area contributed by atoms with Gasteiger partial charge in [0.1, 0.15) is 25.6 Å². The molecule has 0 N–H and O–H groups in total. The maximum atomic E-state index is 12.9. The number of hydrogen-bond donors (Lipinski definition) is 0. The first-order valence-corrected chi connectivity index (χ1v) is 4.14. The van der Waals surface area contributed by atoms with Gasteiger partial charge < -0.3 is 4.42 Å². The lowest BCUT2D eigenvalue weighted by Crippen LogP contribution is -2.07. The van der Waals surface area contributed by atoms with Crippen LogP contribution in [0.15, 0.2) is 28.9 Å². The van der Waals surface area contributed by atoms with Gasteiger partial charge in [0.25, 0.3) is 0 Å². The SMILES string of the molecule is [B]c1cc(-c2coc(C)n2)ccc1F. The molecule has 0 bridgehead atoms. The number of hydrogen-bond acceptors (Lipinski definition) is 2. The van der Waals surface area contributed by atoms with Crippen molar-refractivity contribution in [2.24, 2.45) is 0 Å². The molecule has 1 heterocycles. The highest BCUT2D eigenvalue weighted by molar-refractivity contribution is 6.32.